The van der Waals surface area contributed by atoms with Crippen molar-refractivity contribution in [1.29, 1.82) is 0 Å². The van der Waals surface area contributed by atoms with Crippen molar-refractivity contribution in [3.63, 3.8) is 0 Å². The lowest BCUT2D eigenvalue weighted by molar-refractivity contribution is 1.32. The maximum atomic E-state index is 5.34. The summed E-state index contributed by atoms with van der Waals surface area (Å²) in [5.74, 6) is 0. The first-order valence-electron chi connectivity index (χ1n) is 15.4. The Hall–Kier alpha value is -6.26. The number of pyridine rings is 4. The fourth-order valence-corrected chi connectivity index (χ4v) is 6.45. The van der Waals surface area contributed by atoms with Gasteiger partial charge in [0, 0.05) is 50.6 Å². The molecule has 0 saturated carbocycles. The number of rotatable bonds is 4. The van der Waals surface area contributed by atoms with E-state index in [1.807, 2.05) is 30.6 Å². The summed E-state index contributed by atoms with van der Waals surface area (Å²) in [6, 6.07) is 50.6. The molecule has 5 aromatic carbocycles. The molecule has 0 amide bonds. The molecule has 9 aromatic rings. The topological polar surface area (TPSA) is 51.6 Å². The lowest BCUT2D eigenvalue weighted by Gasteiger charge is -2.13. The van der Waals surface area contributed by atoms with Gasteiger partial charge in [0.25, 0.3) is 0 Å². The third-order valence-corrected chi connectivity index (χ3v) is 8.73. The summed E-state index contributed by atoms with van der Waals surface area (Å²) < 4.78 is 0. The van der Waals surface area contributed by atoms with Crippen LogP contribution in [0.5, 0.6) is 0 Å². The molecule has 0 N–H and O–H groups in total. The van der Waals surface area contributed by atoms with Gasteiger partial charge >= 0.3 is 0 Å². The summed E-state index contributed by atoms with van der Waals surface area (Å²) in [5.41, 5.74) is 11.0. The Morgan fingerprint density at radius 2 is 1.00 bits per heavy atom. The van der Waals surface area contributed by atoms with E-state index in [2.05, 4.69) is 132 Å². The van der Waals surface area contributed by atoms with Gasteiger partial charge in [-0.05, 0) is 40.8 Å². The molecule has 0 unspecified atom stereocenters. The number of aromatic nitrogens is 4. The van der Waals surface area contributed by atoms with Crippen LogP contribution in [-0.2, 0) is 0 Å². The molecule has 0 atom stereocenters. The smallest absolute Gasteiger partial charge is 0.0986 e. The Balaban J connectivity index is 1.21. The van der Waals surface area contributed by atoms with Gasteiger partial charge in [0.2, 0.25) is 0 Å². The van der Waals surface area contributed by atoms with Crippen LogP contribution in [-0.4, -0.2) is 19.9 Å². The summed E-state index contributed by atoms with van der Waals surface area (Å²) in [5, 5.41) is 5.35. The fourth-order valence-electron chi connectivity index (χ4n) is 6.45. The molecule has 214 valence electrons. The molecule has 0 radical (unpaired) electrons. The van der Waals surface area contributed by atoms with Crippen molar-refractivity contribution in [2.45, 2.75) is 0 Å². The first kappa shape index (κ1) is 26.2. The molecule has 0 bridgehead atoms. The van der Waals surface area contributed by atoms with E-state index in [0.717, 1.165) is 88.4 Å². The van der Waals surface area contributed by atoms with E-state index in [0.29, 0.717) is 0 Å². The number of hydrogen-bond donors (Lipinski definition) is 0. The van der Waals surface area contributed by atoms with Crippen molar-refractivity contribution in [2.75, 3.05) is 0 Å². The minimum Gasteiger partial charge on any atom is -0.254 e. The minimum absolute atomic E-state index is 0.871. The molecular weight excluding hydrogens is 560 g/mol. The van der Waals surface area contributed by atoms with E-state index < -0.39 is 0 Å². The van der Waals surface area contributed by atoms with Crippen molar-refractivity contribution in [3.05, 3.63) is 158 Å². The number of fused-ring (bicyclic) bond motifs is 7. The quantitative estimate of drug-likeness (QED) is 0.193. The second-order valence-corrected chi connectivity index (χ2v) is 11.5. The van der Waals surface area contributed by atoms with Gasteiger partial charge in [0.05, 0.1) is 33.6 Å². The van der Waals surface area contributed by atoms with Gasteiger partial charge in [-0.2, -0.15) is 0 Å². The number of hydrogen-bond acceptors (Lipinski definition) is 4. The molecule has 9 rings (SSSR count). The van der Waals surface area contributed by atoms with Gasteiger partial charge in [0.15, 0.2) is 0 Å². The molecule has 46 heavy (non-hydrogen) atoms. The second-order valence-electron chi connectivity index (χ2n) is 11.5. The van der Waals surface area contributed by atoms with Crippen LogP contribution in [0.3, 0.4) is 0 Å². The second kappa shape index (κ2) is 10.7. The lowest BCUT2D eigenvalue weighted by Crippen LogP contribution is -1.94. The standard InChI is InChI=1S/C42H26N4/c1-3-10-28(11-4-1)37-24-32(25-38(45-37)29-12-5-2-6-13-29)27-17-19-31(20-18-27)39-34-16-8-7-15-33(34)36-26-44-42-35(41(36)46-39)22-21-30-14-9-23-43-40(30)42/h1-26H. The van der Waals surface area contributed by atoms with E-state index in [4.69, 9.17) is 15.0 Å². The molecule has 0 aliphatic carbocycles. The van der Waals surface area contributed by atoms with Crippen LogP contribution in [0.1, 0.15) is 0 Å². The van der Waals surface area contributed by atoms with Crippen LogP contribution in [0.15, 0.2) is 158 Å². The van der Waals surface area contributed by atoms with Crippen molar-refractivity contribution in [3.8, 4) is 44.9 Å². The van der Waals surface area contributed by atoms with Crippen LogP contribution < -0.4 is 0 Å². The number of nitrogens with zero attached hydrogens (tertiary/aromatic N) is 4. The Labute approximate surface area is 265 Å². The fraction of sp³-hybridized carbons (Fsp3) is 0. The summed E-state index contributed by atoms with van der Waals surface area (Å²) in [4.78, 5) is 19.9. The van der Waals surface area contributed by atoms with Crippen LogP contribution >= 0.6 is 0 Å². The van der Waals surface area contributed by atoms with Crippen molar-refractivity contribution >= 4 is 43.5 Å². The first-order valence-corrected chi connectivity index (χ1v) is 15.4. The molecule has 4 aromatic heterocycles. The summed E-state index contributed by atoms with van der Waals surface area (Å²) in [7, 11) is 0. The highest BCUT2D eigenvalue weighted by molar-refractivity contribution is 6.20. The molecule has 4 heterocycles. The molecular formula is C42H26N4. The van der Waals surface area contributed by atoms with E-state index >= 15 is 0 Å². The summed E-state index contributed by atoms with van der Waals surface area (Å²) in [6.07, 6.45) is 3.77. The van der Waals surface area contributed by atoms with Crippen molar-refractivity contribution < 1.29 is 0 Å². The Kier molecular flexibility index (Phi) is 6.10. The van der Waals surface area contributed by atoms with Crippen LogP contribution in [0.2, 0.25) is 0 Å². The Morgan fingerprint density at radius 3 is 1.72 bits per heavy atom. The Morgan fingerprint density at radius 1 is 0.348 bits per heavy atom. The monoisotopic (exact) mass is 586 g/mol. The van der Waals surface area contributed by atoms with E-state index in [1.54, 1.807) is 0 Å². The molecule has 0 aliphatic heterocycles. The third-order valence-electron chi connectivity index (χ3n) is 8.73. The van der Waals surface area contributed by atoms with Crippen LogP contribution in [0, 0.1) is 0 Å². The van der Waals surface area contributed by atoms with Gasteiger partial charge < -0.3 is 0 Å². The molecule has 0 aliphatic rings. The van der Waals surface area contributed by atoms with Gasteiger partial charge in [-0.25, -0.2) is 9.97 Å². The van der Waals surface area contributed by atoms with E-state index in [1.165, 1.54) is 0 Å². The SMILES string of the molecule is c1ccc(-c2cc(-c3ccc(-c4nc5c(cnc6c5ccc5cccnc56)c5ccccc45)cc3)cc(-c3ccccc3)n2)cc1. The predicted molar refractivity (Wildman–Crippen MR) is 189 cm³/mol. The largest absolute Gasteiger partial charge is 0.254 e. The van der Waals surface area contributed by atoms with Crippen molar-refractivity contribution in [2.24, 2.45) is 0 Å². The minimum atomic E-state index is 0.871. The number of benzene rings is 5. The molecule has 4 heteroatoms. The molecule has 0 spiro atoms. The summed E-state index contributed by atoms with van der Waals surface area (Å²) in [6.45, 7) is 0. The zero-order valence-corrected chi connectivity index (χ0v) is 24.8. The van der Waals surface area contributed by atoms with Gasteiger partial charge in [-0.3, -0.25) is 9.97 Å². The first-order chi connectivity index (χ1) is 22.8. The predicted octanol–water partition coefficient (Wildman–Crippen LogP) is 10.5. The zero-order valence-electron chi connectivity index (χ0n) is 24.8. The molecule has 4 nitrogen and oxygen atoms in total. The zero-order chi connectivity index (χ0) is 30.5. The summed E-state index contributed by atoms with van der Waals surface area (Å²) >= 11 is 0. The maximum Gasteiger partial charge on any atom is 0.0986 e. The van der Waals surface area contributed by atoms with E-state index in [-0.39, 0.29) is 0 Å². The van der Waals surface area contributed by atoms with Crippen LogP contribution in [0.4, 0.5) is 0 Å². The molecule has 0 fully saturated rings. The van der Waals surface area contributed by atoms with Gasteiger partial charge in [-0.1, -0.05) is 121 Å². The molecule has 0 saturated heterocycles. The highest BCUT2D eigenvalue weighted by Gasteiger charge is 2.15. The maximum absolute atomic E-state index is 5.34. The average Bonchev–Trinajstić information content (AvgIpc) is 3.14. The third kappa shape index (κ3) is 4.39. The van der Waals surface area contributed by atoms with Gasteiger partial charge in [-0.15, -0.1) is 0 Å². The van der Waals surface area contributed by atoms with Crippen molar-refractivity contribution in [1.82, 2.24) is 19.9 Å². The highest BCUT2D eigenvalue weighted by Crippen LogP contribution is 2.37. The average molecular weight is 587 g/mol. The lowest BCUT2D eigenvalue weighted by atomic mass is 9.96. The highest BCUT2D eigenvalue weighted by atomic mass is 14.8. The Bertz CT molecular complexity index is 2500. The van der Waals surface area contributed by atoms with Gasteiger partial charge in [0.1, 0.15) is 0 Å². The normalized spacial score (nSPS) is 11.5. The van der Waals surface area contributed by atoms with E-state index in [9.17, 15) is 0 Å². The van der Waals surface area contributed by atoms with Crippen LogP contribution in [0.25, 0.3) is 88.4 Å².